The molecule has 1 aliphatic rings. The number of ether oxygens (including phenoxy) is 2. The summed E-state index contributed by atoms with van der Waals surface area (Å²) in [5.41, 5.74) is 3.64. The third-order valence-corrected chi connectivity index (χ3v) is 6.74. The summed E-state index contributed by atoms with van der Waals surface area (Å²) in [6.45, 7) is 0. The summed E-state index contributed by atoms with van der Waals surface area (Å²) >= 11 is 4.91. The molecule has 5 rings (SSSR count). The van der Waals surface area contributed by atoms with E-state index in [4.69, 9.17) is 9.47 Å². The van der Waals surface area contributed by atoms with Crippen LogP contribution in [0, 0.1) is 5.82 Å². The van der Waals surface area contributed by atoms with Gasteiger partial charge in [0.1, 0.15) is 11.6 Å². The summed E-state index contributed by atoms with van der Waals surface area (Å²) in [4.78, 5) is 4.62. The molecule has 1 aromatic heterocycles. The normalized spacial score (nSPS) is 14.3. The minimum absolute atomic E-state index is 0.259. The lowest BCUT2D eigenvalue weighted by molar-refractivity contribution is 0.224. The van der Waals surface area contributed by atoms with Crippen LogP contribution >= 0.6 is 27.7 Å². The number of hydrogen-bond donors (Lipinski definition) is 1. The van der Waals surface area contributed by atoms with Crippen molar-refractivity contribution in [3.8, 4) is 22.9 Å². The summed E-state index contributed by atoms with van der Waals surface area (Å²) in [6.07, 6.45) is -0.557. The van der Waals surface area contributed by atoms with Crippen LogP contribution in [-0.4, -0.2) is 22.3 Å². The molecular formula is C24H18BrFN4O2S. The van der Waals surface area contributed by atoms with Gasteiger partial charge in [0.2, 0.25) is 11.0 Å². The van der Waals surface area contributed by atoms with Crippen molar-refractivity contribution in [1.82, 2.24) is 15.2 Å². The molecule has 0 bridgehead atoms. The zero-order chi connectivity index (χ0) is 22.8. The van der Waals surface area contributed by atoms with Gasteiger partial charge in [-0.2, -0.15) is 4.98 Å². The summed E-state index contributed by atoms with van der Waals surface area (Å²) in [5.74, 6) is 1.17. The molecule has 2 heterocycles. The van der Waals surface area contributed by atoms with Gasteiger partial charge >= 0.3 is 0 Å². The highest BCUT2D eigenvalue weighted by Crippen LogP contribution is 2.41. The van der Waals surface area contributed by atoms with E-state index in [9.17, 15) is 4.39 Å². The largest absolute Gasteiger partial charge is 0.497 e. The van der Waals surface area contributed by atoms with Gasteiger partial charge in [-0.3, -0.25) is 0 Å². The number of benzene rings is 3. The third kappa shape index (κ3) is 4.51. The molecule has 0 aliphatic carbocycles. The number of nitrogens with one attached hydrogen (secondary N) is 1. The molecule has 1 aliphatic heterocycles. The second-order valence-corrected chi connectivity index (χ2v) is 9.00. The van der Waals surface area contributed by atoms with E-state index in [-0.39, 0.29) is 5.82 Å². The van der Waals surface area contributed by atoms with Crippen molar-refractivity contribution in [2.45, 2.75) is 17.1 Å². The van der Waals surface area contributed by atoms with Gasteiger partial charge < -0.3 is 14.8 Å². The fourth-order valence-electron chi connectivity index (χ4n) is 3.46. The van der Waals surface area contributed by atoms with Gasteiger partial charge in [0.25, 0.3) is 0 Å². The maximum atomic E-state index is 14.0. The Labute approximate surface area is 202 Å². The SMILES string of the molecule is COc1ccc(Br)c(C2Nc3ccccc3-c3nnc(SCc4ccccc4F)nc3O2)c1. The first kappa shape index (κ1) is 21.7. The van der Waals surface area contributed by atoms with E-state index >= 15 is 0 Å². The molecule has 0 saturated heterocycles. The number of thioether (sulfide) groups is 1. The van der Waals surface area contributed by atoms with Crippen molar-refractivity contribution in [3.63, 3.8) is 0 Å². The predicted molar refractivity (Wildman–Crippen MR) is 129 cm³/mol. The molecule has 1 atom stereocenters. The lowest BCUT2D eigenvalue weighted by Gasteiger charge is -2.21. The van der Waals surface area contributed by atoms with Crippen molar-refractivity contribution in [1.29, 1.82) is 0 Å². The number of hydrogen-bond acceptors (Lipinski definition) is 7. The number of nitrogens with zero attached hydrogens (tertiary/aromatic N) is 3. The van der Waals surface area contributed by atoms with Crippen LogP contribution in [0.15, 0.2) is 76.4 Å². The molecule has 33 heavy (non-hydrogen) atoms. The minimum Gasteiger partial charge on any atom is -0.497 e. The summed E-state index contributed by atoms with van der Waals surface area (Å²) in [5, 5.41) is 12.5. The summed E-state index contributed by atoms with van der Waals surface area (Å²) in [6, 6.07) is 20.1. The maximum absolute atomic E-state index is 14.0. The fourth-order valence-corrected chi connectivity index (χ4v) is 4.68. The monoisotopic (exact) mass is 524 g/mol. The number of rotatable bonds is 5. The first-order chi connectivity index (χ1) is 16.1. The van der Waals surface area contributed by atoms with Gasteiger partial charge in [-0.1, -0.05) is 64.1 Å². The van der Waals surface area contributed by atoms with E-state index in [0.717, 1.165) is 21.3 Å². The van der Waals surface area contributed by atoms with E-state index in [1.165, 1.54) is 17.8 Å². The van der Waals surface area contributed by atoms with Gasteiger partial charge in [0, 0.05) is 27.0 Å². The highest BCUT2D eigenvalue weighted by atomic mass is 79.9. The second kappa shape index (κ2) is 9.36. The van der Waals surface area contributed by atoms with Crippen LogP contribution in [0.2, 0.25) is 0 Å². The number of aromatic nitrogens is 3. The lowest BCUT2D eigenvalue weighted by Crippen LogP contribution is -2.17. The van der Waals surface area contributed by atoms with Crippen LogP contribution in [0.3, 0.4) is 0 Å². The molecule has 6 nitrogen and oxygen atoms in total. The molecule has 1 N–H and O–H groups in total. The quantitative estimate of drug-likeness (QED) is 0.309. The molecule has 166 valence electrons. The molecule has 4 aromatic rings. The number of para-hydroxylation sites is 1. The fraction of sp³-hybridized carbons (Fsp3) is 0.125. The minimum atomic E-state index is -0.557. The molecule has 3 aromatic carbocycles. The standard InChI is InChI=1S/C24H18BrFN4O2S/c1-31-15-10-11-18(25)17(12-15)22-27-20-9-5-3-7-16(20)21-23(32-22)28-24(30-29-21)33-13-14-6-2-4-8-19(14)26/h2-12,22,27H,13H2,1H3. The van der Waals surface area contributed by atoms with Gasteiger partial charge in [0.05, 0.1) is 7.11 Å². The van der Waals surface area contributed by atoms with Crippen molar-refractivity contribution in [2.75, 3.05) is 12.4 Å². The van der Waals surface area contributed by atoms with Crippen LogP contribution in [0.4, 0.5) is 10.1 Å². The number of halogens is 2. The smallest absolute Gasteiger partial charge is 0.247 e. The van der Waals surface area contributed by atoms with Gasteiger partial charge in [0.15, 0.2) is 11.9 Å². The highest BCUT2D eigenvalue weighted by Gasteiger charge is 2.27. The van der Waals surface area contributed by atoms with Crippen LogP contribution in [0.1, 0.15) is 17.4 Å². The van der Waals surface area contributed by atoms with E-state index in [2.05, 4.69) is 36.4 Å². The average Bonchev–Trinajstić information content (AvgIpc) is 3.00. The number of anilines is 1. The first-order valence-corrected chi connectivity index (χ1v) is 11.9. The van der Waals surface area contributed by atoms with E-state index < -0.39 is 6.23 Å². The van der Waals surface area contributed by atoms with E-state index in [0.29, 0.717) is 33.8 Å². The van der Waals surface area contributed by atoms with Crippen LogP contribution in [-0.2, 0) is 5.75 Å². The Balaban J connectivity index is 1.52. The van der Waals surface area contributed by atoms with Gasteiger partial charge in [-0.05, 0) is 35.9 Å². The van der Waals surface area contributed by atoms with Crippen molar-refractivity contribution < 1.29 is 13.9 Å². The topological polar surface area (TPSA) is 69.2 Å². The maximum Gasteiger partial charge on any atom is 0.247 e. The molecule has 0 spiro atoms. The first-order valence-electron chi connectivity index (χ1n) is 10.1. The van der Waals surface area contributed by atoms with Gasteiger partial charge in [-0.25, -0.2) is 4.39 Å². The average molecular weight is 525 g/mol. The van der Waals surface area contributed by atoms with Crippen molar-refractivity contribution in [3.05, 3.63) is 88.1 Å². The second-order valence-electron chi connectivity index (χ2n) is 7.20. The van der Waals surface area contributed by atoms with Crippen LogP contribution in [0.5, 0.6) is 11.6 Å². The van der Waals surface area contributed by atoms with Crippen molar-refractivity contribution >= 4 is 33.4 Å². The van der Waals surface area contributed by atoms with Crippen LogP contribution < -0.4 is 14.8 Å². The lowest BCUT2D eigenvalue weighted by atomic mass is 10.1. The molecular weight excluding hydrogens is 507 g/mol. The highest BCUT2D eigenvalue weighted by molar-refractivity contribution is 9.10. The van der Waals surface area contributed by atoms with Crippen molar-refractivity contribution in [2.24, 2.45) is 0 Å². The molecule has 1 unspecified atom stereocenters. The van der Waals surface area contributed by atoms with Gasteiger partial charge in [-0.15, -0.1) is 10.2 Å². The zero-order valence-electron chi connectivity index (χ0n) is 17.5. The number of fused-ring (bicyclic) bond motifs is 3. The Morgan fingerprint density at radius 2 is 1.91 bits per heavy atom. The summed E-state index contributed by atoms with van der Waals surface area (Å²) in [7, 11) is 1.62. The van der Waals surface area contributed by atoms with Crippen LogP contribution in [0.25, 0.3) is 11.3 Å². The number of methoxy groups -OCH3 is 1. The molecule has 9 heteroatoms. The summed E-state index contributed by atoms with van der Waals surface area (Å²) < 4.78 is 26.6. The molecule has 0 radical (unpaired) electrons. The van der Waals surface area contributed by atoms with E-state index in [1.807, 2.05) is 42.5 Å². The Bertz CT molecular complexity index is 1320. The van der Waals surface area contributed by atoms with E-state index in [1.54, 1.807) is 25.3 Å². The molecule has 0 saturated carbocycles. The Morgan fingerprint density at radius 3 is 2.76 bits per heavy atom. The Hall–Kier alpha value is -3.17. The Kier molecular flexibility index (Phi) is 6.15. The molecule has 0 amide bonds. The zero-order valence-corrected chi connectivity index (χ0v) is 19.9. The Morgan fingerprint density at radius 1 is 1.09 bits per heavy atom. The predicted octanol–water partition coefficient (Wildman–Crippen LogP) is 6.24. The third-order valence-electron chi connectivity index (χ3n) is 5.13. The molecule has 0 fully saturated rings.